The van der Waals surface area contributed by atoms with Crippen LogP contribution in [0.4, 0.5) is 0 Å². The molecular weight excluding hydrogens is 254 g/mol. The summed E-state index contributed by atoms with van der Waals surface area (Å²) in [5.41, 5.74) is 3.05. The second-order valence-corrected chi connectivity index (χ2v) is 5.17. The lowest BCUT2D eigenvalue weighted by Crippen LogP contribution is -2.11. The van der Waals surface area contributed by atoms with Crippen molar-refractivity contribution in [1.29, 1.82) is 0 Å². The quantitative estimate of drug-likeness (QED) is 0.788. The van der Waals surface area contributed by atoms with Crippen molar-refractivity contribution in [1.82, 2.24) is 15.3 Å². The Morgan fingerprint density at radius 2 is 2.00 bits per heavy atom. The molecule has 0 unspecified atom stereocenters. The Kier molecular flexibility index (Phi) is 3.53. The molecule has 1 aromatic carbocycles. The predicted molar refractivity (Wildman–Crippen MR) is 80.2 cm³/mol. The first-order valence-corrected chi connectivity index (χ1v) is 7.26. The summed E-state index contributed by atoms with van der Waals surface area (Å²) in [5, 5.41) is 7.52. The summed E-state index contributed by atoms with van der Waals surface area (Å²) in [6, 6.07) is 12.3. The summed E-state index contributed by atoms with van der Waals surface area (Å²) < 4.78 is 0. The first-order valence-electron chi connectivity index (χ1n) is 6.38. The average molecular weight is 269 g/mol. The summed E-state index contributed by atoms with van der Waals surface area (Å²) in [4.78, 5) is 9.28. The molecule has 0 atom stereocenters. The maximum Gasteiger partial charge on any atom is 0.142 e. The average Bonchev–Trinajstić information content (AvgIpc) is 2.93. The fourth-order valence-electron chi connectivity index (χ4n) is 1.94. The van der Waals surface area contributed by atoms with Gasteiger partial charge in [-0.3, -0.25) is 0 Å². The molecule has 0 saturated heterocycles. The normalized spacial score (nSPS) is 11.0. The Labute approximate surface area is 116 Å². The molecule has 0 aliphatic rings. The largest absolute Gasteiger partial charge is 0.311 e. The van der Waals surface area contributed by atoms with E-state index in [0.717, 1.165) is 40.4 Å². The van der Waals surface area contributed by atoms with E-state index in [9.17, 15) is 0 Å². The molecule has 0 radical (unpaired) electrons. The number of nitrogens with zero attached hydrogens (tertiary/aromatic N) is 2. The van der Waals surface area contributed by atoms with E-state index in [4.69, 9.17) is 0 Å². The molecule has 2 heterocycles. The van der Waals surface area contributed by atoms with Gasteiger partial charge in [-0.25, -0.2) is 9.97 Å². The first kappa shape index (κ1) is 12.3. The van der Waals surface area contributed by atoms with Crippen LogP contribution in [0.2, 0.25) is 0 Å². The number of pyridine rings is 1. The molecule has 2 aromatic heterocycles. The Bertz CT molecular complexity index is 690. The fraction of sp³-hybridized carbons (Fsp3) is 0.200. The van der Waals surface area contributed by atoms with E-state index < -0.39 is 0 Å². The van der Waals surface area contributed by atoms with Crippen LogP contribution in [0.5, 0.6) is 0 Å². The lowest BCUT2D eigenvalue weighted by Gasteiger charge is -2.00. The number of nitrogens with one attached hydrogen (secondary N) is 1. The lowest BCUT2D eigenvalue weighted by molar-refractivity contribution is 0.715. The standard InChI is InChI=1S/C15H15N3S/c1-2-16-9-12-10-19-15(17-12)14-8-7-11-5-3-4-6-13(11)18-14/h3-8,10,16H,2,9H2,1H3. The van der Waals surface area contributed by atoms with Crippen molar-refractivity contribution >= 4 is 22.2 Å². The summed E-state index contributed by atoms with van der Waals surface area (Å²) in [6.45, 7) is 3.87. The van der Waals surface area contributed by atoms with Crippen molar-refractivity contribution in [2.45, 2.75) is 13.5 Å². The highest BCUT2D eigenvalue weighted by molar-refractivity contribution is 7.13. The third-order valence-corrected chi connectivity index (χ3v) is 3.84. The number of fused-ring (bicyclic) bond motifs is 1. The van der Waals surface area contributed by atoms with Gasteiger partial charge in [0.1, 0.15) is 5.01 Å². The van der Waals surface area contributed by atoms with E-state index in [-0.39, 0.29) is 0 Å². The zero-order valence-corrected chi connectivity index (χ0v) is 11.6. The Morgan fingerprint density at radius 1 is 1.11 bits per heavy atom. The number of aromatic nitrogens is 2. The van der Waals surface area contributed by atoms with Gasteiger partial charge in [-0.1, -0.05) is 31.2 Å². The molecule has 3 aromatic rings. The molecule has 3 nitrogen and oxygen atoms in total. The van der Waals surface area contributed by atoms with Crippen molar-refractivity contribution in [2.24, 2.45) is 0 Å². The molecule has 19 heavy (non-hydrogen) atoms. The van der Waals surface area contributed by atoms with E-state index >= 15 is 0 Å². The lowest BCUT2D eigenvalue weighted by atomic mass is 10.2. The van der Waals surface area contributed by atoms with Crippen LogP contribution in [0.3, 0.4) is 0 Å². The number of rotatable bonds is 4. The second kappa shape index (κ2) is 5.47. The maximum absolute atomic E-state index is 4.67. The van der Waals surface area contributed by atoms with Gasteiger partial charge >= 0.3 is 0 Å². The minimum absolute atomic E-state index is 0.820. The summed E-state index contributed by atoms with van der Waals surface area (Å²) in [6.07, 6.45) is 0. The molecule has 3 rings (SSSR count). The van der Waals surface area contributed by atoms with Crippen molar-refractivity contribution < 1.29 is 0 Å². The SMILES string of the molecule is CCNCc1csc(-c2ccc3ccccc3n2)n1. The highest BCUT2D eigenvalue weighted by Gasteiger charge is 2.06. The minimum Gasteiger partial charge on any atom is -0.311 e. The van der Waals surface area contributed by atoms with E-state index in [1.807, 2.05) is 24.3 Å². The number of para-hydroxylation sites is 1. The fourth-order valence-corrected chi connectivity index (χ4v) is 2.73. The summed E-state index contributed by atoms with van der Waals surface area (Å²) in [5.74, 6) is 0. The third kappa shape index (κ3) is 2.64. The highest BCUT2D eigenvalue weighted by Crippen LogP contribution is 2.24. The van der Waals surface area contributed by atoms with Crippen molar-refractivity contribution in [2.75, 3.05) is 6.54 Å². The van der Waals surface area contributed by atoms with Gasteiger partial charge in [0.2, 0.25) is 0 Å². The maximum atomic E-state index is 4.67. The molecule has 0 saturated carbocycles. The number of thiazole rings is 1. The Hall–Kier alpha value is -1.78. The molecule has 0 spiro atoms. The number of hydrogen-bond acceptors (Lipinski definition) is 4. The van der Waals surface area contributed by atoms with Crippen LogP contribution in [-0.2, 0) is 6.54 Å². The van der Waals surface area contributed by atoms with Crippen LogP contribution in [-0.4, -0.2) is 16.5 Å². The molecule has 0 amide bonds. The van der Waals surface area contributed by atoms with Crippen LogP contribution in [0.25, 0.3) is 21.6 Å². The zero-order chi connectivity index (χ0) is 13.1. The minimum atomic E-state index is 0.820. The smallest absolute Gasteiger partial charge is 0.142 e. The van der Waals surface area contributed by atoms with Crippen molar-refractivity contribution in [3.8, 4) is 10.7 Å². The zero-order valence-electron chi connectivity index (χ0n) is 10.8. The topological polar surface area (TPSA) is 37.8 Å². The Morgan fingerprint density at radius 3 is 2.89 bits per heavy atom. The molecule has 0 aliphatic carbocycles. The van der Waals surface area contributed by atoms with Crippen LogP contribution in [0, 0.1) is 0 Å². The molecule has 4 heteroatoms. The monoisotopic (exact) mass is 269 g/mol. The third-order valence-electron chi connectivity index (χ3n) is 2.93. The second-order valence-electron chi connectivity index (χ2n) is 4.31. The van der Waals surface area contributed by atoms with Gasteiger partial charge in [0.25, 0.3) is 0 Å². The van der Waals surface area contributed by atoms with E-state index in [1.54, 1.807) is 11.3 Å². The predicted octanol–water partition coefficient (Wildman–Crippen LogP) is 3.47. The first-order chi connectivity index (χ1) is 9.36. The van der Waals surface area contributed by atoms with E-state index in [2.05, 4.69) is 39.7 Å². The van der Waals surface area contributed by atoms with Crippen LogP contribution in [0.1, 0.15) is 12.6 Å². The van der Waals surface area contributed by atoms with E-state index in [0.29, 0.717) is 0 Å². The van der Waals surface area contributed by atoms with Gasteiger partial charge in [0.15, 0.2) is 0 Å². The van der Waals surface area contributed by atoms with Gasteiger partial charge in [0.05, 0.1) is 16.9 Å². The van der Waals surface area contributed by atoms with Gasteiger partial charge in [-0.2, -0.15) is 0 Å². The van der Waals surface area contributed by atoms with Crippen LogP contribution >= 0.6 is 11.3 Å². The molecule has 0 aliphatic heterocycles. The highest BCUT2D eigenvalue weighted by atomic mass is 32.1. The number of benzene rings is 1. The van der Waals surface area contributed by atoms with Gasteiger partial charge in [-0.15, -0.1) is 11.3 Å². The molecule has 0 bridgehead atoms. The van der Waals surface area contributed by atoms with E-state index in [1.165, 1.54) is 0 Å². The molecule has 1 N–H and O–H groups in total. The van der Waals surface area contributed by atoms with Crippen LogP contribution in [0.15, 0.2) is 41.8 Å². The molecule has 96 valence electrons. The van der Waals surface area contributed by atoms with Crippen LogP contribution < -0.4 is 5.32 Å². The van der Waals surface area contributed by atoms with Crippen molar-refractivity contribution in [3.05, 3.63) is 47.5 Å². The molecule has 0 fully saturated rings. The van der Waals surface area contributed by atoms with Gasteiger partial charge in [-0.05, 0) is 18.7 Å². The van der Waals surface area contributed by atoms with Gasteiger partial charge < -0.3 is 5.32 Å². The number of hydrogen-bond donors (Lipinski definition) is 1. The van der Waals surface area contributed by atoms with Gasteiger partial charge in [0, 0.05) is 17.3 Å². The summed E-state index contributed by atoms with van der Waals surface area (Å²) in [7, 11) is 0. The Balaban J connectivity index is 1.92. The summed E-state index contributed by atoms with van der Waals surface area (Å²) >= 11 is 1.65. The molecular formula is C15H15N3S. The van der Waals surface area contributed by atoms with Crippen molar-refractivity contribution in [3.63, 3.8) is 0 Å².